The summed E-state index contributed by atoms with van der Waals surface area (Å²) < 4.78 is 13.1. The highest BCUT2D eigenvalue weighted by Crippen LogP contribution is 2.26. The van der Waals surface area contributed by atoms with E-state index in [2.05, 4.69) is 15.6 Å². The largest absolute Gasteiger partial charge is 0.360 e. The molecule has 3 aromatic rings. The van der Waals surface area contributed by atoms with Gasteiger partial charge in [-0.25, -0.2) is 4.39 Å². The number of carbonyl (C=O) groups excluding carboxylic acids is 1. The third-order valence-corrected chi connectivity index (χ3v) is 5.11. The predicted molar refractivity (Wildman–Crippen MR) is 102 cm³/mol. The molecule has 5 heteroatoms. The van der Waals surface area contributed by atoms with E-state index in [1.165, 1.54) is 12.1 Å². The maximum absolute atomic E-state index is 13.1. The maximum Gasteiger partial charge on any atom is 0.253 e. The maximum atomic E-state index is 13.1. The van der Waals surface area contributed by atoms with Crippen LogP contribution in [-0.4, -0.2) is 30.5 Å². The quantitative estimate of drug-likeness (QED) is 0.671. The van der Waals surface area contributed by atoms with Gasteiger partial charge in [0.2, 0.25) is 0 Å². The Bertz CT molecular complexity index is 911. The van der Waals surface area contributed by atoms with E-state index in [0.717, 1.165) is 54.5 Å². The van der Waals surface area contributed by atoms with Crippen molar-refractivity contribution in [2.75, 3.05) is 19.6 Å². The first-order valence-electron chi connectivity index (χ1n) is 9.07. The molecule has 1 aliphatic heterocycles. The van der Waals surface area contributed by atoms with Gasteiger partial charge in [0.15, 0.2) is 0 Å². The number of benzene rings is 2. The second-order valence-electron chi connectivity index (χ2n) is 6.87. The van der Waals surface area contributed by atoms with E-state index in [9.17, 15) is 9.18 Å². The van der Waals surface area contributed by atoms with E-state index in [1.807, 2.05) is 18.2 Å². The highest BCUT2D eigenvalue weighted by molar-refractivity contribution is 6.07. The van der Waals surface area contributed by atoms with Crippen LogP contribution in [0.15, 0.2) is 48.7 Å². The summed E-state index contributed by atoms with van der Waals surface area (Å²) in [6.07, 6.45) is 3.97. The van der Waals surface area contributed by atoms with Crippen LogP contribution in [0, 0.1) is 11.7 Å². The number of piperidine rings is 1. The molecule has 3 N–H and O–H groups in total. The van der Waals surface area contributed by atoms with Gasteiger partial charge in [-0.15, -0.1) is 0 Å². The number of halogens is 1. The Kier molecular flexibility index (Phi) is 4.71. The molecule has 0 bridgehead atoms. The van der Waals surface area contributed by atoms with Crippen LogP contribution >= 0.6 is 0 Å². The van der Waals surface area contributed by atoms with E-state index < -0.39 is 0 Å². The van der Waals surface area contributed by atoms with Crippen molar-refractivity contribution in [2.24, 2.45) is 5.92 Å². The molecule has 2 heterocycles. The lowest BCUT2D eigenvalue weighted by Gasteiger charge is -2.22. The molecule has 134 valence electrons. The smallest absolute Gasteiger partial charge is 0.253 e. The molecule has 1 aliphatic rings. The highest BCUT2D eigenvalue weighted by atomic mass is 19.1. The number of aromatic nitrogens is 1. The van der Waals surface area contributed by atoms with Gasteiger partial charge >= 0.3 is 0 Å². The van der Waals surface area contributed by atoms with Crippen LogP contribution in [-0.2, 0) is 0 Å². The summed E-state index contributed by atoms with van der Waals surface area (Å²) in [5, 5.41) is 7.31. The van der Waals surface area contributed by atoms with E-state index in [1.54, 1.807) is 18.3 Å². The minimum absolute atomic E-state index is 0.0377. The van der Waals surface area contributed by atoms with Gasteiger partial charge in [0.05, 0.1) is 5.56 Å². The van der Waals surface area contributed by atoms with Gasteiger partial charge < -0.3 is 15.6 Å². The molecular formula is C21H22FN3O. The zero-order chi connectivity index (χ0) is 17.9. The average Bonchev–Trinajstić information content (AvgIpc) is 3.11. The topological polar surface area (TPSA) is 56.9 Å². The molecule has 0 atom stereocenters. The summed E-state index contributed by atoms with van der Waals surface area (Å²) in [7, 11) is 0. The van der Waals surface area contributed by atoms with Gasteiger partial charge in [0, 0.05) is 23.6 Å². The van der Waals surface area contributed by atoms with Crippen molar-refractivity contribution in [2.45, 2.75) is 12.8 Å². The van der Waals surface area contributed by atoms with Gasteiger partial charge in [-0.2, -0.15) is 0 Å². The van der Waals surface area contributed by atoms with Crippen molar-refractivity contribution >= 4 is 16.8 Å². The molecule has 0 aliphatic carbocycles. The number of hydrogen-bond donors (Lipinski definition) is 3. The number of nitrogens with one attached hydrogen (secondary N) is 3. The van der Waals surface area contributed by atoms with Crippen molar-refractivity contribution < 1.29 is 9.18 Å². The first kappa shape index (κ1) is 16.8. The summed E-state index contributed by atoms with van der Waals surface area (Å²) >= 11 is 0. The summed E-state index contributed by atoms with van der Waals surface area (Å²) in [6, 6.07) is 12.3. The molecule has 1 fully saturated rings. The fourth-order valence-corrected chi connectivity index (χ4v) is 3.55. The molecule has 4 nitrogen and oxygen atoms in total. The molecule has 1 amide bonds. The average molecular weight is 351 g/mol. The first-order chi connectivity index (χ1) is 12.7. The van der Waals surface area contributed by atoms with Gasteiger partial charge in [-0.1, -0.05) is 24.3 Å². The molecule has 4 rings (SSSR count). The van der Waals surface area contributed by atoms with E-state index in [0.29, 0.717) is 11.5 Å². The Hall–Kier alpha value is -2.66. The Labute approximate surface area is 151 Å². The number of amides is 1. The number of aromatic amines is 1. The van der Waals surface area contributed by atoms with E-state index in [-0.39, 0.29) is 11.7 Å². The Morgan fingerprint density at radius 1 is 1.08 bits per heavy atom. The second kappa shape index (κ2) is 7.30. The SMILES string of the molecule is O=C(NCC1CCNCC1)c1c[nH]c2cc(-c3ccc(F)cc3)ccc12. The normalized spacial score (nSPS) is 15.3. The third-order valence-electron chi connectivity index (χ3n) is 5.11. The molecule has 0 unspecified atom stereocenters. The van der Waals surface area contributed by atoms with Crippen LogP contribution in [0.25, 0.3) is 22.0 Å². The van der Waals surface area contributed by atoms with Crippen LogP contribution in [0.3, 0.4) is 0 Å². The summed E-state index contributed by atoms with van der Waals surface area (Å²) in [4.78, 5) is 15.8. The molecule has 0 radical (unpaired) electrons. The van der Waals surface area contributed by atoms with Gasteiger partial charge in [-0.3, -0.25) is 4.79 Å². The lowest BCUT2D eigenvalue weighted by Crippen LogP contribution is -2.35. The van der Waals surface area contributed by atoms with E-state index in [4.69, 9.17) is 0 Å². The molecule has 1 saturated heterocycles. The monoisotopic (exact) mass is 351 g/mol. The molecule has 1 aromatic heterocycles. The molecule has 2 aromatic carbocycles. The lowest BCUT2D eigenvalue weighted by atomic mass is 9.98. The minimum Gasteiger partial charge on any atom is -0.360 e. The van der Waals surface area contributed by atoms with Crippen molar-refractivity contribution in [3.63, 3.8) is 0 Å². The van der Waals surface area contributed by atoms with Gasteiger partial charge in [0.1, 0.15) is 5.82 Å². The van der Waals surface area contributed by atoms with Crippen LogP contribution in [0.4, 0.5) is 4.39 Å². The van der Waals surface area contributed by atoms with Crippen LogP contribution < -0.4 is 10.6 Å². The van der Waals surface area contributed by atoms with Crippen LogP contribution in [0.2, 0.25) is 0 Å². The molecule has 0 saturated carbocycles. The number of carbonyl (C=O) groups is 1. The third kappa shape index (κ3) is 3.48. The van der Waals surface area contributed by atoms with Gasteiger partial charge in [-0.05, 0) is 61.2 Å². The standard InChI is InChI=1S/C21H22FN3O/c22-17-4-1-15(2-5-17)16-3-6-18-19(13-24-20(18)11-16)21(26)25-12-14-7-9-23-10-8-14/h1-6,11,13-14,23-24H,7-10,12H2,(H,25,26). The number of H-pyrrole nitrogens is 1. The fraction of sp³-hybridized carbons (Fsp3) is 0.286. The zero-order valence-corrected chi connectivity index (χ0v) is 14.5. The lowest BCUT2D eigenvalue weighted by molar-refractivity contribution is 0.0946. The minimum atomic E-state index is -0.248. The molecule has 0 spiro atoms. The first-order valence-corrected chi connectivity index (χ1v) is 9.07. The van der Waals surface area contributed by atoms with E-state index >= 15 is 0 Å². The Morgan fingerprint density at radius 3 is 2.58 bits per heavy atom. The fourth-order valence-electron chi connectivity index (χ4n) is 3.55. The Balaban J connectivity index is 1.51. The predicted octanol–water partition coefficient (Wildman–Crippen LogP) is 3.70. The molecular weight excluding hydrogens is 329 g/mol. The molecule has 26 heavy (non-hydrogen) atoms. The number of hydrogen-bond acceptors (Lipinski definition) is 2. The van der Waals surface area contributed by atoms with Crippen LogP contribution in [0.5, 0.6) is 0 Å². The van der Waals surface area contributed by atoms with Crippen molar-refractivity contribution in [1.82, 2.24) is 15.6 Å². The second-order valence-corrected chi connectivity index (χ2v) is 6.87. The van der Waals surface area contributed by atoms with Crippen molar-refractivity contribution in [1.29, 1.82) is 0 Å². The summed E-state index contributed by atoms with van der Waals surface area (Å²) in [6.45, 7) is 2.78. The zero-order valence-electron chi connectivity index (χ0n) is 14.5. The Morgan fingerprint density at radius 2 is 1.81 bits per heavy atom. The van der Waals surface area contributed by atoms with Gasteiger partial charge in [0.25, 0.3) is 5.91 Å². The van der Waals surface area contributed by atoms with Crippen molar-refractivity contribution in [3.05, 3.63) is 60.0 Å². The summed E-state index contributed by atoms with van der Waals surface area (Å²) in [5.41, 5.74) is 3.50. The number of fused-ring (bicyclic) bond motifs is 1. The van der Waals surface area contributed by atoms with Crippen molar-refractivity contribution in [3.8, 4) is 11.1 Å². The van der Waals surface area contributed by atoms with Crippen LogP contribution in [0.1, 0.15) is 23.2 Å². The number of rotatable bonds is 4. The summed E-state index contributed by atoms with van der Waals surface area (Å²) in [5.74, 6) is 0.266. The highest BCUT2D eigenvalue weighted by Gasteiger charge is 2.16.